The van der Waals surface area contributed by atoms with Crippen molar-refractivity contribution in [1.82, 2.24) is 4.98 Å². The number of aryl methyl sites for hydroxylation is 1. The van der Waals surface area contributed by atoms with E-state index in [0.717, 1.165) is 23.9 Å². The number of hydrogen-bond donors (Lipinski definition) is 0. The van der Waals surface area contributed by atoms with E-state index in [0.29, 0.717) is 10.8 Å². The van der Waals surface area contributed by atoms with E-state index in [-0.39, 0.29) is 0 Å². The van der Waals surface area contributed by atoms with Gasteiger partial charge in [0.1, 0.15) is 0 Å². The summed E-state index contributed by atoms with van der Waals surface area (Å²) in [5.74, 6) is 0.835. The Hall–Kier alpha value is -1.18. The van der Waals surface area contributed by atoms with Gasteiger partial charge >= 0.3 is 0 Å². The second-order valence-electron chi connectivity index (χ2n) is 7.03. The molecule has 2 atom stereocenters. The van der Waals surface area contributed by atoms with Crippen LogP contribution in [0.3, 0.4) is 0 Å². The smallest absolute Gasteiger partial charge is 0.0811 e. The van der Waals surface area contributed by atoms with Crippen LogP contribution in [0.25, 0.3) is 0 Å². The molecule has 2 nitrogen and oxygen atoms in total. The maximum atomic E-state index is 4.94. The molecule has 2 aliphatic rings. The van der Waals surface area contributed by atoms with Crippen molar-refractivity contribution in [2.24, 2.45) is 21.7 Å². The van der Waals surface area contributed by atoms with Crippen LogP contribution in [0.4, 0.5) is 0 Å². The van der Waals surface area contributed by atoms with E-state index >= 15 is 0 Å². The molecular weight excluding hydrogens is 232 g/mol. The lowest BCUT2D eigenvalue weighted by atomic mass is 9.70. The zero-order valence-corrected chi connectivity index (χ0v) is 12.5. The summed E-state index contributed by atoms with van der Waals surface area (Å²) in [4.78, 5) is 9.49. The zero-order valence-electron chi connectivity index (χ0n) is 12.5. The molecule has 19 heavy (non-hydrogen) atoms. The Balaban J connectivity index is 1.83. The first kappa shape index (κ1) is 12.8. The van der Waals surface area contributed by atoms with E-state index in [4.69, 9.17) is 4.99 Å². The number of pyridine rings is 1. The summed E-state index contributed by atoms with van der Waals surface area (Å²) >= 11 is 0. The molecule has 2 saturated carbocycles. The molecule has 1 heterocycles. The lowest BCUT2D eigenvalue weighted by molar-refractivity contribution is 0.193. The van der Waals surface area contributed by atoms with Crippen LogP contribution in [-0.2, 0) is 6.54 Å². The Morgan fingerprint density at radius 2 is 2.11 bits per heavy atom. The van der Waals surface area contributed by atoms with Crippen molar-refractivity contribution in [2.45, 2.75) is 53.5 Å². The number of rotatable bonds is 2. The van der Waals surface area contributed by atoms with Crippen molar-refractivity contribution in [3.63, 3.8) is 0 Å². The van der Waals surface area contributed by atoms with Gasteiger partial charge in [0, 0.05) is 16.8 Å². The maximum absolute atomic E-state index is 4.94. The number of fused-ring (bicyclic) bond motifs is 2. The van der Waals surface area contributed by atoms with E-state index in [1.807, 2.05) is 13.0 Å². The highest BCUT2D eigenvalue weighted by atomic mass is 14.8. The first-order valence-corrected chi connectivity index (χ1v) is 7.40. The van der Waals surface area contributed by atoms with E-state index < -0.39 is 0 Å². The summed E-state index contributed by atoms with van der Waals surface area (Å²) in [6, 6.07) is 6.20. The molecule has 2 aliphatic carbocycles. The second kappa shape index (κ2) is 4.16. The van der Waals surface area contributed by atoms with Crippen molar-refractivity contribution in [3.05, 3.63) is 29.6 Å². The van der Waals surface area contributed by atoms with Gasteiger partial charge < -0.3 is 0 Å². The zero-order chi connectivity index (χ0) is 13.7. The van der Waals surface area contributed by atoms with Crippen LogP contribution in [0, 0.1) is 23.7 Å². The SMILES string of the molecule is Cc1cccc(CN=C2C[C@H]3CC[C@]2(C)C3(C)C)n1. The van der Waals surface area contributed by atoms with Crippen molar-refractivity contribution >= 4 is 5.71 Å². The summed E-state index contributed by atoms with van der Waals surface area (Å²) in [6.45, 7) is 10.1. The van der Waals surface area contributed by atoms with Gasteiger partial charge in [0.2, 0.25) is 0 Å². The van der Waals surface area contributed by atoms with E-state index in [1.54, 1.807) is 0 Å². The molecule has 0 radical (unpaired) electrons. The van der Waals surface area contributed by atoms with Crippen LogP contribution in [0.15, 0.2) is 23.2 Å². The molecule has 2 bridgehead atoms. The van der Waals surface area contributed by atoms with Gasteiger partial charge in [-0.3, -0.25) is 9.98 Å². The first-order chi connectivity index (χ1) is 8.93. The fraction of sp³-hybridized carbons (Fsp3) is 0.647. The molecule has 2 heteroatoms. The topological polar surface area (TPSA) is 25.2 Å². The number of aromatic nitrogens is 1. The van der Waals surface area contributed by atoms with E-state index in [2.05, 4.69) is 37.9 Å². The number of hydrogen-bond acceptors (Lipinski definition) is 2. The third kappa shape index (κ3) is 1.84. The minimum atomic E-state index is 0.321. The van der Waals surface area contributed by atoms with Crippen molar-refractivity contribution in [1.29, 1.82) is 0 Å². The molecule has 1 aromatic heterocycles. The van der Waals surface area contributed by atoms with Crippen LogP contribution in [0.5, 0.6) is 0 Å². The molecule has 0 aliphatic heterocycles. The Kier molecular flexibility index (Phi) is 2.81. The van der Waals surface area contributed by atoms with Gasteiger partial charge in [-0.25, -0.2) is 0 Å². The molecular formula is C17H24N2. The van der Waals surface area contributed by atoms with E-state index in [1.165, 1.54) is 25.0 Å². The highest BCUT2D eigenvalue weighted by Gasteiger charge is 2.59. The van der Waals surface area contributed by atoms with Gasteiger partial charge in [-0.05, 0) is 49.7 Å². The Morgan fingerprint density at radius 3 is 2.68 bits per heavy atom. The Labute approximate surface area is 116 Å². The summed E-state index contributed by atoms with van der Waals surface area (Å²) in [6.07, 6.45) is 3.89. The molecule has 2 fully saturated rings. The average Bonchev–Trinajstić information content (AvgIpc) is 2.69. The summed E-state index contributed by atoms with van der Waals surface area (Å²) in [7, 11) is 0. The lowest BCUT2D eigenvalue weighted by Gasteiger charge is -2.34. The Morgan fingerprint density at radius 1 is 1.32 bits per heavy atom. The van der Waals surface area contributed by atoms with Gasteiger partial charge in [-0.15, -0.1) is 0 Å². The monoisotopic (exact) mass is 256 g/mol. The molecule has 0 amide bonds. The molecule has 0 saturated heterocycles. The largest absolute Gasteiger partial charge is 0.287 e. The van der Waals surface area contributed by atoms with Crippen LogP contribution in [-0.4, -0.2) is 10.7 Å². The van der Waals surface area contributed by atoms with Crippen LogP contribution >= 0.6 is 0 Å². The van der Waals surface area contributed by atoms with Crippen molar-refractivity contribution < 1.29 is 0 Å². The minimum Gasteiger partial charge on any atom is -0.287 e. The normalized spacial score (nSPS) is 34.1. The lowest BCUT2D eigenvalue weighted by Crippen LogP contribution is -2.32. The van der Waals surface area contributed by atoms with E-state index in [9.17, 15) is 0 Å². The van der Waals surface area contributed by atoms with Crippen molar-refractivity contribution in [3.8, 4) is 0 Å². The molecule has 3 rings (SSSR count). The van der Waals surface area contributed by atoms with Crippen LogP contribution in [0.2, 0.25) is 0 Å². The molecule has 1 aromatic rings. The quantitative estimate of drug-likeness (QED) is 0.779. The molecule has 0 unspecified atom stereocenters. The third-order valence-corrected chi connectivity index (χ3v) is 5.89. The summed E-state index contributed by atoms with van der Waals surface area (Å²) in [5, 5.41) is 0. The third-order valence-electron chi connectivity index (χ3n) is 5.89. The van der Waals surface area contributed by atoms with Gasteiger partial charge in [0.25, 0.3) is 0 Å². The van der Waals surface area contributed by atoms with Gasteiger partial charge in [0.15, 0.2) is 0 Å². The van der Waals surface area contributed by atoms with Crippen LogP contribution in [0.1, 0.15) is 51.4 Å². The highest BCUT2D eigenvalue weighted by Crippen LogP contribution is 2.64. The molecule has 0 N–H and O–H groups in total. The summed E-state index contributed by atoms with van der Waals surface area (Å²) in [5.41, 5.74) is 4.36. The first-order valence-electron chi connectivity index (χ1n) is 7.40. The number of nitrogens with zero attached hydrogens (tertiary/aromatic N) is 2. The average molecular weight is 256 g/mol. The van der Waals surface area contributed by atoms with Gasteiger partial charge in [-0.1, -0.05) is 26.8 Å². The van der Waals surface area contributed by atoms with Gasteiger partial charge in [-0.2, -0.15) is 0 Å². The fourth-order valence-corrected chi connectivity index (χ4v) is 4.03. The molecule has 102 valence electrons. The predicted molar refractivity (Wildman–Crippen MR) is 79.3 cm³/mol. The van der Waals surface area contributed by atoms with Gasteiger partial charge in [0.05, 0.1) is 12.2 Å². The predicted octanol–water partition coefficient (Wildman–Crippen LogP) is 4.18. The Bertz CT molecular complexity index is 530. The van der Waals surface area contributed by atoms with Crippen LogP contribution < -0.4 is 0 Å². The standard InChI is InChI=1S/C17H24N2/c1-12-6-5-7-14(19-12)11-18-15-10-13-8-9-17(15,4)16(13,2)3/h5-7,13H,8-11H2,1-4H3/t13-,17+/m1/s1. The molecule has 0 spiro atoms. The highest BCUT2D eigenvalue weighted by molar-refractivity contribution is 5.94. The minimum absolute atomic E-state index is 0.321. The number of aliphatic imine (C=N–C) groups is 1. The second-order valence-corrected chi connectivity index (χ2v) is 7.03. The maximum Gasteiger partial charge on any atom is 0.0811 e. The summed E-state index contributed by atoms with van der Waals surface area (Å²) < 4.78 is 0. The fourth-order valence-electron chi connectivity index (χ4n) is 4.03. The molecule has 0 aromatic carbocycles. The van der Waals surface area contributed by atoms with Crippen molar-refractivity contribution in [2.75, 3.05) is 0 Å².